The van der Waals surface area contributed by atoms with Crippen LogP contribution >= 0.6 is 0 Å². The topological polar surface area (TPSA) is 21.3 Å². The van der Waals surface area contributed by atoms with Crippen LogP contribution in [0.4, 0.5) is 8.78 Å². The van der Waals surface area contributed by atoms with Crippen molar-refractivity contribution in [1.29, 1.82) is 0 Å². The molecule has 0 amide bonds. The summed E-state index contributed by atoms with van der Waals surface area (Å²) in [6.07, 6.45) is 1.14. The zero-order valence-corrected chi connectivity index (χ0v) is 8.64. The summed E-state index contributed by atoms with van der Waals surface area (Å²) in [4.78, 5) is 0. The molecule has 2 nitrogen and oxygen atoms in total. The summed E-state index contributed by atoms with van der Waals surface area (Å²) < 4.78 is 28.6. The molecule has 0 heterocycles. The summed E-state index contributed by atoms with van der Waals surface area (Å²) in [6.45, 7) is 3.03. The molecule has 0 aliphatic heterocycles. The Hall–Kier alpha value is -0.220. The smallest absolute Gasteiger partial charge is 0.261 e. The average Bonchev–Trinajstić information content (AvgIpc) is 2.93. The van der Waals surface area contributed by atoms with Gasteiger partial charge in [0, 0.05) is 6.04 Å². The normalized spacial score (nSPS) is 18.9. The minimum atomic E-state index is -2.35. The average molecular weight is 207 g/mol. The largest absolute Gasteiger partial charge is 0.374 e. The van der Waals surface area contributed by atoms with Crippen LogP contribution < -0.4 is 5.32 Å². The van der Waals surface area contributed by atoms with Gasteiger partial charge < -0.3 is 10.1 Å². The number of alkyl halides is 2. The Balaban J connectivity index is 2.08. The van der Waals surface area contributed by atoms with Gasteiger partial charge in [0.1, 0.15) is 6.61 Å². The van der Waals surface area contributed by atoms with E-state index < -0.39 is 13.0 Å². The first kappa shape index (κ1) is 11.9. The number of hydrogen-bond donors (Lipinski definition) is 1. The van der Waals surface area contributed by atoms with Gasteiger partial charge in [0.2, 0.25) is 0 Å². The molecule has 1 atom stereocenters. The van der Waals surface area contributed by atoms with E-state index in [4.69, 9.17) is 4.74 Å². The van der Waals surface area contributed by atoms with Crippen LogP contribution in [0.1, 0.15) is 26.2 Å². The maximum Gasteiger partial charge on any atom is 0.261 e. The van der Waals surface area contributed by atoms with E-state index in [9.17, 15) is 8.78 Å². The molecule has 14 heavy (non-hydrogen) atoms. The van der Waals surface area contributed by atoms with Crippen LogP contribution in [0.25, 0.3) is 0 Å². The minimum Gasteiger partial charge on any atom is -0.374 e. The van der Waals surface area contributed by atoms with Crippen LogP contribution in [0.3, 0.4) is 0 Å². The summed E-state index contributed by atoms with van der Waals surface area (Å²) in [7, 11) is 0. The van der Waals surface area contributed by atoms with Gasteiger partial charge in [-0.25, -0.2) is 8.78 Å². The molecule has 1 aliphatic carbocycles. The van der Waals surface area contributed by atoms with E-state index in [0.29, 0.717) is 12.5 Å². The van der Waals surface area contributed by atoms with Crippen LogP contribution in [0.2, 0.25) is 0 Å². The lowest BCUT2D eigenvalue weighted by Gasteiger charge is -2.17. The molecule has 1 N–H and O–H groups in total. The van der Waals surface area contributed by atoms with E-state index in [-0.39, 0.29) is 6.04 Å². The number of rotatable bonds is 8. The fourth-order valence-electron chi connectivity index (χ4n) is 1.47. The van der Waals surface area contributed by atoms with E-state index in [1.807, 2.05) is 0 Å². The Morgan fingerprint density at radius 3 is 2.57 bits per heavy atom. The van der Waals surface area contributed by atoms with Gasteiger partial charge in [-0.3, -0.25) is 0 Å². The first-order valence-corrected chi connectivity index (χ1v) is 5.33. The summed E-state index contributed by atoms with van der Waals surface area (Å²) in [5.41, 5.74) is 0. The number of ether oxygens (including phenoxy) is 1. The molecular formula is C10H19F2NO. The molecule has 1 rings (SSSR count). The second-order valence-corrected chi connectivity index (χ2v) is 3.83. The van der Waals surface area contributed by atoms with Gasteiger partial charge in [0.15, 0.2) is 0 Å². The number of halogens is 2. The summed E-state index contributed by atoms with van der Waals surface area (Å²) in [5.74, 6) is 0.652. The van der Waals surface area contributed by atoms with Crippen molar-refractivity contribution in [1.82, 2.24) is 5.32 Å². The third kappa shape index (κ3) is 4.86. The second-order valence-electron chi connectivity index (χ2n) is 3.83. The van der Waals surface area contributed by atoms with Crippen molar-refractivity contribution >= 4 is 0 Å². The molecular weight excluding hydrogens is 188 g/mol. The van der Waals surface area contributed by atoms with E-state index in [2.05, 4.69) is 12.2 Å². The molecule has 1 aliphatic rings. The van der Waals surface area contributed by atoms with E-state index in [0.717, 1.165) is 13.0 Å². The highest BCUT2D eigenvalue weighted by Crippen LogP contribution is 2.32. The highest BCUT2D eigenvalue weighted by Gasteiger charge is 2.30. The zero-order valence-electron chi connectivity index (χ0n) is 8.64. The maximum atomic E-state index is 11.8. The molecule has 0 saturated heterocycles. The Kier molecular flexibility index (Phi) is 5.33. The van der Waals surface area contributed by atoms with Crippen LogP contribution in [-0.4, -0.2) is 32.2 Å². The van der Waals surface area contributed by atoms with E-state index in [1.165, 1.54) is 12.8 Å². The summed E-state index contributed by atoms with van der Waals surface area (Å²) in [6, 6.07) is 0.286. The SMILES string of the molecule is CCCNC(COCC(F)F)C1CC1. The van der Waals surface area contributed by atoms with E-state index >= 15 is 0 Å². The first-order chi connectivity index (χ1) is 6.74. The van der Waals surface area contributed by atoms with Crippen LogP contribution in [0.5, 0.6) is 0 Å². The monoisotopic (exact) mass is 207 g/mol. The molecule has 0 aromatic carbocycles. The lowest BCUT2D eigenvalue weighted by molar-refractivity contribution is 0.00739. The molecule has 0 spiro atoms. The lowest BCUT2D eigenvalue weighted by atomic mass is 10.2. The molecule has 1 fully saturated rings. The molecule has 84 valence electrons. The number of nitrogens with one attached hydrogen (secondary N) is 1. The predicted molar refractivity (Wildman–Crippen MR) is 51.6 cm³/mol. The second kappa shape index (κ2) is 6.30. The van der Waals surface area contributed by atoms with Crippen molar-refractivity contribution in [3.05, 3.63) is 0 Å². The van der Waals surface area contributed by atoms with Crippen molar-refractivity contribution in [3.8, 4) is 0 Å². The molecule has 1 unspecified atom stereocenters. The van der Waals surface area contributed by atoms with Gasteiger partial charge in [-0.05, 0) is 31.7 Å². The van der Waals surface area contributed by atoms with Gasteiger partial charge in [-0.2, -0.15) is 0 Å². The fraction of sp³-hybridized carbons (Fsp3) is 1.00. The Labute approximate surface area is 84.0 Å². The van der Waals surface area contributed by atoms with Gasteiger partial charge in [0.25, 0.3) is 6.43 Å². The van der Waals surface area contributed by atoms with Crippen molar-refractivity contribution in [3.63, 3.8) is 0 Å². The van der Waals surface area contributed by atoms with Crippen molar-refractivity contribution in [2.45, 2.75) is 38.7 Å². The molecule has 1 saturated carbocycles. The maximum absolute atomic E-state index is 11.8. The van der Waals surface area contributed by atoms with Crippen LogP contribution in [0.15, 0.2) is 0 Å². The highest BCUT2D eigenvalue weighted by molar-refractivity contribution is 4.86. The third-order valence-corrected chi connectivity index (χ3v) is 2.39. The first-order valence-electron chi connectivity index (χ1n) is 5.33. The Morgan fingerprint density at radius 1 is 1.36 bits per heavy atom. The van der Waals surface area contributed by atoms with Gasteiger partial charge in [-0.1, -0.05) is 6.92 Å². The summed E-state index contributed by atoms with van der Waals surface area (Å²) >= 11 is 0. The molecule has 4 heteroatoms. The van der Waals surface area contributed by atoms with Gasteiger partial charge in [0.05, 0.1) is 6.61 Å². The number of hydrogen-bond acceptors (Lipinski definition) is 2. The van der Waals surface area contributed by atoms with Crippen molar-refractivity contribution < 1.29 is 13.5 Å². The van der Waals surface area contributed by atoms with Crippen LogP contribution in [0, 0.1) is 5.92 Å². The van der Waals surface area contributed by atoms with Crippen molar-refractivity contribution in [2.24, 2.45) is 5.92 Å². The molecule has 0 aromatic heterocycles. The molecule has 0 radical (unpaired) electrons. The molecule has 0 aromatic rings. The zero-order chi connectivity index (χ0) is 10.4. The standard InChI is InChI=1S/C10H19F2NO/c1-2-5-13-9(8-3-4-8)6-14-7-10(11)12/h8-10,13H,2-7H2,1H3. The fourth-order valence-corrected chi connectivity index (χ4v) is 1.47. The predicted octanol–water partition coefficient (Wildman–Crippen LogP) is 2.05. The summed E-state index contributed by atoms with van der Waals surface area (Å²) in [5, 5.41) is 3.34. The Morgan fingerprint density at radius 2 is 2.07 bits per heavy atom. The van der Waals surface area contributed by atoms with Gasteiger partial charge in [-0.15, -0.1) is 0 Å². The van der Waals surface area contributed by atoms with E-state index in [1.54, 1.807) is 0 Å². The third-order valence-electron chi connectivity index (χ3n) is 2.39. The quantitative estimate of drug-likeness (QED) is 0.657. The minimum absolute atomic E-state index is 0.286. The van der Waals surface area contributed by atoms with Crippen LogP contribution in [-0.2, 0) is 4.74 Å². The molecule has 0 bridgehead atoms. The van der Waals surface area contributed by atoms with Crippen molar-refractivity contribution in [2.75, 3.05) is 19.8 Å². The van der Waals surface area contributed by atoms with Gasteiger partial charge >= 0.3 is 0 Å². The lowest BCUT2D eigenvalue weighted by Crippen LogP contribution is -2.36. The Bertz CT molecular complexity index is 151. The highest BCUT2D eigenvalue weighted by atomic mass is 19.3.